The number of rotatable bonds is 6. The third-order valence-corrected chi connectivity index (χ3v) is 1.78. The van der Waals surface area contributed by atoms with Crippen LogP contribution in [0.15, 0.2) is 12.7 Å². The lowest BCUT2D eigenvalue weighted by Crippen LogP contribution is -2.43. The van der Waals surface area contributed by atoms with Crippen LogP contribution in [0, 0.1) is 0 Å². The minimum atomic E-state index is -1.46. The zero-order chi connectivity index (χ0) is 12.8. The van der Waals surface area contributed by atoms with Crippen molar-refractivity contribution >= 4 is 17.8 Å². The fourth-order valence-electron chi connectivity index (χ4n) is 1.08. The first kappa shape index (κ1) is 12.6. The summed E-state index contributed by atoms with van der Waals surface area (Å²) < 4.78 is 1.19. The number of hydrogen-bond donors (Lipinski definition) is 3. The fourth-order valence-corrected chi connectivity index (χ4v) is 1.08. The van der Waals surface area contributed by atoms with Gasteiger partial charge in [0, 0.05) is 0 Å². The predicted octanol–water partition coefficient (Wildman–Crippen LogP) is -1.68. The molecule has 3 N–H and O–H groups in total. The van der Waals surface area contributed by atoms with Crippen LogP contribution in [0.25, 0.3) is 0 Å². The van der Waals surface area contributed by atoms with Gasteiger partial charge in [0.15, 0.2) is 0 Å². The predicted molar refractivity (Wildman–Crippen MR) is 51.8 cm³/mol. The van der Waals surface area contributed by atoms with Gasteiger partial charge in [0.2, 0.25) is 5.91 Å². The van der Waals surface area contributed by atoms with Gasteiger partial charge in [-0.15, -0.1) is 0 Å². The van der Waals surface area contributed by atoms with Crippen molar-refractivity contribution in [1.82, 2.24) is 20.1 Å². The summed E-state index contributed by atoms with van der Waals surface area (Å²) >= 11 is 0. The Morgan fingerprint density at radius 2 is 2.06 bits per heavy atom. The van der Waals surface area contributed by atoms with Gasteiger partial charge in [-0.25, -0.2) is 14.5 Å². The molecule has 1 rings (SSSR count). The Hall–Kier alpha value is -2.45. The van der Waals surface area contributed by atoms with Gasteiger partial charge in [0.05, 0.1) is 6.42 Å². The van der Waals surface area contributed by atoms with Crippen molar-refractivity contribution in [3.63, 3.8) is 0 Å². The molecule has 0 saturated heterocycles. The van der Waals surface area contributed by atoms with E-state index < -0.39 is 30.3 Å². The average molecular weight is 242 g/mol. The Kier molecular flexibility index (Phi) is 4.14. The Labute approximate surface area is 95.1 Å². The van der Waals surface area contributed by atoms with Gasteiger partial charge < -0.3 is 15.5 Å². The SMILES string of the molecule is O=C(O)C[C@@H](NC(=O)Cn1cncn1)C(=O)O. The molecule has 1 aromatic rings. The summed E-state index contributed by atoms with van der Waals surface area (Å²) in [5.74, 6) is -3.36. The molecule has 0 spiro atoms. The molecule has 0 aliphatic carbocycles. The minimum absolute atomic E-state index is 0.219. The molecule has 0 saturated carbocycles. The molecule has 9 nitrogen and oxygen atoms in total. The van der Waals surface area contributed by atoms with Gasteiger partial charge in [0.1, 0.15) is 25.2 Å². The molecule has 17 heavy (non-hydrogen) atoms. The lowest BCUT2D eigenvalue weighted by Gasteiger charge is -2.11. The van der Waals surface area contributed by atoms with Gasteiger partial charge in [-0.2, -0.15) is 5.10 Å². The monoisotopic (exact) mass is 242 g/mol. The lowest BCUT2D eigenvalue weighted by molar-refractivity contribution is -0.147. The Balaban J connectivity index is 2.52. The van der Waals surface area contributed by atoms with E-state index >= 15 is 0 Å². The lowest BCUT2D eigenvalue weighted by atomic mass is 10.2. The van der Waals surface area contributed by atoms with Crippen molar-refractivity contribution in [2.45, 2.75) is 19.0 Å². The maximum atomic E-state index is 11.4. The fraction of sp³-hybridized carbons (Fsp3) is 0.375. The molecule has 0 aromatic carbocycles. The topological polar surface area (TPSA) is 134 Å². The van der Waals surface area contributed by atoms with Crippen LogP contribution < -0.4 is 5.32 Å². The van der Waals surface area contributed by atoms with Gasteiger partial charge in [0.25, 0.3) is 0 Å². The average Bonchev–Trinajstić information content (AvgIpc) is 2.68. The smallest absolute Gasteiger partial charge is 0.326 e. The van der Waals surface area contributed by atoms with Crippen LogP contribution in [-0.4, -0.2) is 48.9 Å². The van der Waals surface area contributed by atoms with E-state index in [9.17, 15) is 14.4 Å². The summed E-state index contributed by atoms with van der Waals surface area (Å²) in [6.07, 6.45) is 1.82. The van der Waals surface area contributed by atoms with E-state index in [0.29, 0.717) is 0 Å². The van der Waals surface area contributed by atoms with Crippen LogP contribution in [0.2, 0.25) is 0 Å². The van der Waals surface area contributed by atoms with Crippen molar-refractivity contribution in [2.75, 3.05) is 0 Å². The van der Waals surface area contributed by atoms with E-state index in [2.05, 4.69) is 15.4 Å². The van der Waals surface area contributed by atoms with Crippen molar-refractivity contribution < 1.29 is 24.6 Å². The summed E-state index contributed by atoms with van der Waals surface area (Å²) in [6.45, 7) is -0.219. The first-order valence-corrected chi connectivity index (χ1v) is 4.55. The maximum absolute atomic E-state index is 11.4. The summed E-state index contributed by atoms with van der Waals surface area (Å²) in [5, 5.41) is 22.9. The van der Waals surface area contributed by atoms with Crippen LogP contribution in [-0.2, 0) is 20.9 Å². The number of carboxylic acids is 2. The highest BCUT2D eigenvalue weighted by molar-refractivity contribution is 5.86. The number of carbonyl (C=O) groups is 3. The quantitative estimate of drug-likeness (QED) is 0.542. The van der Waals surface area contributed by atoms with Crippen molar-refractivity contribution in [3.8, 4) is 0 Å². The Morgan fingerprint density at radius 1 is 1.35 bits per heavy atom. The van der Waals surface area contributed by atoms with Crippen LogP contribution in [0.1, 0.15) is 6.42 Å². The number of amides is 1. The van der Waals surface area contributed by atoms with E-state index in [-0.39, 0.29) is 6.54 Å². The van der Waals surface area contributed by atoms with Crippen molar-refractivity contribution in [1.29, 1.82) is 0 Å². The van der Waals surface area contributed by atoms with Crippen molar-refractivity contribution in [2.24, 2.45) is 0 Å². The van der Waals surface area contributed by atoms with Crippen LogP contribution >= 0.6 is 0 Å². The van der Waals surface area contributed by atoms with E-state index in [1.54, 1.807) is 0 Å². The van der Waals surface area contributed by atoms with Crippen LogP contribution in [0.3, 0.4) is 0 Å². The molecule has 0 bridgehead atoms. The third kappa shape index (κ3) is 4.28. The maximum Gasteiger partial charge on any atom is 0.326 e. The highest BCUT2D eigenvalue weighted by Crippen LogP contribution is 1.93. The van der Waals surface area contributed by atoms with E-state index in [1.165, 1.54) is 17.3 Å². The van der Waals surface area contributed by atoms with Gasteiger partial charge >= 0.3 is 11.9 Å². The molecule has 1 aromatic heterocycles. The number of nitrogens with zero attached hydrogens (tertiary/aromatic N) is 3. The highest BCUT2D eigenvalue weighted by Gasteiger charge is 2.22. The van der Waals surface area contributed by atoms with Gasteiger partial charge in [-0.05, 0) is 0 Å². The van der Waals surface area contributed by atoms with Crippen molar-refractivity contribution in [3.05, 3.63) is 12.7 Å². The molecule has 9 heteroatoms. The second kappa shape index (κ2) is 5.58. The van der Waals surface area contributed by atoms with E-state index in [1.807, 2.05) is 0 Å². The summed E-state index contributed by atoms with van der Waals surface area (Å²) in [4.78, 5) is 36.0. The minimum Gasteiger partial charge on any atom is -0.481 e. The van der Waals surface area contributed by atoms with Gasteiger partial charge in [-0.1, -0.05) is 0 Å². The Morgan fingerprint density at radius 3 is 2.53 bits per heavy atom. The number of carboxylic acid groups (broad SMARTS) is 2. The zero-order valence-electron chi connectivity index (χ0n) is 8.61. The number of carbonyl (C=O) groups excluding carboxylic acids is 1. The van der Waals surface area contributed by atoms with Gasteiger partial charge in [-0.3, -0.25) is 9.59 Å². The normalized spacial score (nSPS) is 11.8. The molecule has 1 atom stereocenters. The summed E-state index contributed by atoms with van der Waals surface area (Å²) in [6, 6.07) is -1.46. The third-order valence-electron chi connectivity index (χ3n) is 1.78. The number of hydrogen-bond acceptors (Lipinski definition) is 5. The molecule has 1 amide bonds. The Bertz CT molecular complexity index is 416. The summed E-state index contributed by atoms with van der Waals surface area (Å²) in [5.41, 5.74) is 0. The largest absolute Gasteiger partial charge is 0.481 e. The first-order chi connectivity index (χ1) is 7.99. The molecule has 0 aliphatic heterocycles. The zero-order valence-corrected chi connectivity index (χ0v) is 8.61. The number of nitrogens with one attached hydrogen (secondary N) is 1. The molecule has 0 unspecified atom stereocenters. The van der Waals surface area contributed by atoms with Crippen LogP contribution in [0.5, 0.6) is 0 Å². The molecular formula is C8H10N4O5. The standard InChI is InChI=1S/C8H10N4O5/c13-6(2-12-4-9-3-10-12)11-5(8(16)17)1-7(14)15/h3-5H,1-2H2,(H,11,13)(H,14,15)(H,16,17)/t5-/m1/s1. The molecular weight excluding hydrogens is 232 g/mol. The van der Waals surface area contributed by atoms with E-state index in [0.717, 1.165) is 0 Å². The molecule has 0 aliphatic rings. The molecule has 0 radical (unpaired) electrons. The molecule has 92 valence electrons. The highest BCUT2D eigenvalue weighted by atomic mass is 16.4. The second-order valence-corrected chi connectivity index (χ2v) is 3.15. The number of aliphatic carboxylic acids is 2. The summed E-state index contributed by atoms with van der Waals surface area (Å²) in [7, 11) is 0. The molecule has 1 heterocycles. The van der Waals surface area contributed by atoms with E-state index in [4.69, 9.17) is 10.2 Å². The first-order valence-electron chi connectivity index (χ1n) is 4.55. The van der Waals surface area contributed by atoms with Crippen LogP contribution in [0.4, 0.5) is 0 Å². The molecule has 0 fully saturated rings. The second-order valence-electron chi connectivity index (χ2n) is 3.15. The number of aromatic nitrogens is 3.